The molecular formula is C16H25Cl2N5O3. The minimum atomic E-state index is -0.384. The molecule has 0 aliphatic rings. The molecular weight excluding hydrogens is 381 g/mol. The first-order chi connectivity index (χ1) is 11.5. The molecule has 0 fully saturated rings. The van der Waals surface area contributed by atoms with Crippen molar-refractivity contribution in [1.82, 2.24) is 20.4 Å². The predicted molar refractivity (Wildman–Crippen MR) is 102 cm³/mol. The molecule has 8 nitrogen and oxygen atoms in total. The molecule has 146 valence electrons. The quantitative estimate of drug-likeness (QED) is 0.690. The Kier molecular flexibility index (Phi) is 11.0. The Morgan fingerprint density at radius 1 is 1.38 bits per heavy atom. The van der Waals surface area contributed by atoms with Gasteiger partial charge in [0.15, 0.2) is 0 Å². The van der Waals surface area contributed by atoms with Gasteiger partial charge in [0.25, 0.3) is 0 Å². The number of pyridine rings is 1. The summed E-state index contributed by atoms with van der Waals surface area (Å²) in [7, 11) is 1.53. The van der Waals surface area contributed by atoms with Gasteiger partial charge in [-0.15, -0.1) is 24.8 Å². The third kappa shape index (κ3) is 6.53. The number of ether oxygens (including phenoxy) is 1. The van der Waals surface area contributed by atoms with Gasteiger partial charge in [-0.05, 0) is 18.1 Å². The van der Waals surface area contributed by atoms with Gasteiger partial charge in [0.1, 0.15) is 6.04 Å². The molecule has 2 aromatic rings. The summed E-state index contributed by atoms with van der Waals surface area (Å²) < 4.78 is 10.5. The van der Waals surface area contributed by atoms with Crippen molar-refractivity contribution in [3.63, 3.8) is 0 Å². The molecule has 0 aromatic carbocycles. The molecule has 2 rings (SSSR count). The normalized spacial score (nSPS) is 12.7. The molecule has 0 radical (unpaired) electrons. The molecule has 0 saturated heterocycles. The van der Waals surface area contributed by atoms with E-state index in [2.05, 4.69) is 20.4 Å². The molecule has 2 aromatic heterocycles. The molecule has 2 heterocycles. The summed E-state index contributed by atoms with van der Waals surface area (Å²) in [6.45, 7) is 4.22. The van der Waals surface area contributed by atoms with Gasteiger partial charge < -0.3 is 20.3 Å². The van der Waals surface area contributed by atoms with Crippen molar-refractivity contribution in [3.05, 3.63) is 30.4 Å². The Morgan fingerprint density at radius 3 is 2.65 bits per heavy atom. The van der Waals surface area contributed by atoms with Gasteiger partial charge in [-0.25, -0.2) is 0 Å². The van der Waals surface area contributed by atoms with Crippen molar-refractivity contribution in [2.45, 2.75) is 32.4 Å². The first-order valence-corrected chi connectivity index (χ1v) is 7.81. The van der Waals surface area contributed by atoms with Crippen LogP contribution in [-0.4, -0.2) is 40.8 Å². The van der Waals surface area contributed by atoms with E-state index in [4.69, 9.17) is 15.0 Å². The second-order valence-corrected chi connectivity index (χ2v) is 5.78. The summed E-state index contributed by atoms with van der Waals surface area (Å²) in [5.74, 6) is 0.704. The van der Waals surface area contributed by atoms with Crippen LogP contribution < -0.4 is 11.1 Å². The van der Waals surface area contributed by atoms with Crippen LogP contribution in [0.4, 0.5) is 0 Å². The molecule has 2 atom stereocenters. The van der Waals surface area contributed by atoms with Crippen LogP contribution >= 0.6 is 24.8 Å². The number of carbonyl (C=O) groups excluding carboxylic acids is 1. The number of hydrogen-bond acceptors (Lipinski definition) is 7. The van der Waals surface area contributed by atoms with Crippen LogP contribution in [0.3, 0.4) is 0 Å². The van der Waals surface area contributed by atoms with Crippen LogP contribution in [0.2, 0.25) is 0 Å². The zero-order valence-corrected chi connectivity index (χ0v) is 16.5. The van der Waals surface area contributed by atoms with Crippen LogP contribution in [0.1, 0.15) is 32.2 Å². The van der Waals surface area contributed by atoms with Crippen molar-refractivity contribution in [3.8, 4) is 11.4 Å². The molecule has 2 unspecified atom stereocenters. The van der Waals surface area contributed by atoms with Crippen LogP contribution in [0.5, 0.6) is 0 Å². The number of hydrogen-bond donors (Lipinski definition) is 2. The van der Waals surface area contributed by atoms with Gasteiger partial charge in [-0.2, -0.15) is 4.98 Å². The smallest absolute Gasteiger partial charge is 0.249 e. The zero-order chi connectivity index (χ0) is 17.5. The molecule has 0 aliphatic heterocycles. The van der Waals surface area contributed by atoms with Crippen LogP contribution in [0, 0.1) is 5.92 Å². The predicted octanol–water partition coefficient (Wildman–Crippen LogP) is 2.15. The molecule has 3 N–H and O–H groups in total. The van der Waals surface area contributed by atoms with Crippen molar-refractivity contribution in [2.75, 3.05) is 13.7 Å². The van der Waals surface area contributed by atoms with E-state index in [0.717, 1.165) is 5.56 Å². The van der Waals surface area contributed by atoms with E-state index in [0.29, 0.717) is 11.7 Å². The molecule has 0 bridgehead atoms. The fraction of sp³-hybridized carbons (Fsp3) is 0.500. The van der Waals surface area contributed by atoms with Crippen LogP contribution in [0.15, 0.2) is 29.0 Å². The number of nitrogens with zero attached hydrogens (tertiary/aromatic N) is 3. The largest absolute Gasteiger partial charge is 0.380 e. The first kappa shape index (κ1) is 24.3. The zero-order valence-electron chi connectivity index (χ0n) is 14.9. The molecule has 10 heteroatoms. The summed E-state index contributed by atoms with van der Waals surface area (Å²) in [4.78, 5) is 20.6. The number of nitrogens with two attached hydrogens (primary N) is 1. The molecule has 0 spiro atoms. The highest BCUT2D eigenvalue weighted by molar-refractivity contribution is 5.85. The molecule has 1 amide bonds. The maximum atomic E-state index is 12.2. The Balaban J connectivity index is 0.00000312. The fourth-order valence-electron chi connectivity index (χ4n) is 2.19. The summed E-state index contributed by atoms with van der Waals surface area (Å²) in [6, 6.07) is 3.26. The molecule has 26 heavy (non-hydrogen) atoms. The van der Waals surface area contributed by atoms with Crippen LogP contribution in [-0.2, 0) is 9.53 Å². The lowest BCUT2D eigenvalue weighted by molar-refractivity contribution is -0.124. The monoisotopic (exact) mass is 405 g/mol. The Hall–Kier alpha value is -1.74. The lowest BCUT2D eigenvalue weighted by atomic mass is 10.0. The number of methoxy groups -OCH3 is 1. The van der Waals surface area contributed by atoms with Gasteiger partial charge in [-0.3, -0.25) is 9.78 Å². The Labute approximate surface area is 165 Å². The van der Waals surface area contributed by atoms with Crippen LogP contribution in [0.25, 0.3) is 11.4 Å². The maximum Gasteiger partial charge on any atom is 0.249 e. The highest BCUT2D eigenvalue weighted by atomic mass is 35.5. The summed E-state index contributed by atoms with van der Waals surface area (Å²) >= 11 is 0. The van der Waals surface area contributed by atoms with Crippen molar-refractivity contribution in [2.24, 2.45) is 11.7 Å². The standard InChI is InChI=1S/C16H23N5O3.2ClH/c1-10(2)14(19-13(22)7-12(8-17)23-3)16-20-15(21-24-16)11-5-4-6-18-9-11;;/h4-6,9-10,12,14H,7-8,17H2,1-3H3,(H,19,22);2*1H. The van der Waals surface area contributed by atoms with Crippen molar-refractivity contribution in [1.29, 1.82) is 0 Å². The first-order valence-electron chi connectivity index (χ1n) is 7.81. The summed E-state index contributed by atoms with van der Waals surface area (Å²) in [5, 5.41) is 6.88. The summed E-state index contributed by atoms with van der Waals surface area (Å²) in [6.07, 6.45) is 3.19. The second kappa shape index (κ2) is 11.8. The van der Waals surface area contributed by atoms with E-state index in [1.54, 1.807) is 18.5 Å². The summed E-state index contributed by atoms with van der Waals surface area (Å²) in [5.41, 5.74) is 6.30. The topological polar surface area (TPSA) is 116 Å². The number of aromatic nitrogens is 3. The average molecular weight is 406 g/mol. The van der Waals surface area contributed by atoms with Gasteiger partial charge >= 0.3 is 0 Å². The minimum Gasteiger partial charge on any atom is -0.380 e. The molecule has 0 aliphatic carbocycles. The van der Waals surface area contributed by atoms with E-state index >= 15 is 0 Å². The SMILES string of the molecule is COC(CN)CC(=O)NC(c1nc(-c2cccnc2)no1)C(C)C.Cl.Cl. The van der Waals surface area contributed by atoms with E-state index in [9.17, 15) is 4.79 Å². The number of rotatable bonds is 8. The third-order valence-corrected chi connectivity index (χ3v) is 3.62. The molecule has 0 saturated carbocycles. The number of halogens is 2. The Bertz CT molecular complexity index is 650. The lowest BCUT2D eigenvalue weighted by Crippen LogP contribution is -2.36. The van der Waals surface area contributed by atoms with Gasteiger partial charge in [0, 0.05) is 31.6 Å². The van der Waals surface area contributed by atoms with Gasteiger partial charge in [0.05, 0.1) is 12.5 Å². The maximum absolute atomic E-state index is 12.2. The second-order valence-electron chi connectivity index (χ2n) is 5.78. The average Bonchev–Trinajstić information content (AvgIpc) is 3.07. The van der Waals surface area contributed by atoms with Crippen molar-refractivity contribution >= 4 is 30.7 Å². The van der Waals surface area contributed by atoms with E-state index in [1.165, 1.54) is 7.11 Å². The highest BCUT2D eigenvalue weighted by Crippen LogP contribution is 2.23. The number of carbonyl (C=O) groups is 1. The van der Waals surface area contributed by atoms with Crippen molar-refractivity contribution < 1.29 is 14.1 Å². The minimum absolute atomic E-state index is 0. The number of amides is 1. The van der Waals surface area contributed by atoms with E-state index in [-0.39, 0.29) is 61.8 Å². The van der Waals surface area contributed by atoms with Gasteiger partial charge in [-0.1, -0.05) is 19.0 Å². The Morgan fingerprint density at radius 2 is 2.12 bits per heavy atom. The van der Waals surface area contributed by atoms with Gasteiger partial charge in [0.2, 0.25) is 17.6 Å². The third-order valence-electron chi connectivity index (χ3n) is 3.62. The number of nitrogens with one attached hydrogen (secondary N) is 1. The fourth-order valence-corrected chi connectivity index (χ4v) is 2.19. The van der Waals surface area contributed by atoms with E-state index < -0.39 is 0 Å². The lowest BCUT2D eigenvalue weighted by Gasteiger charge is -2.20. The highest BCUT2D eigenvalue weighted by Gasteiger charge is 2.25. The van der Waals surface area contributed by atoms with E-state index in [1.807, 2.05) is 19.9 Å².